The fourth-order valence-corrected chi connectivity index (χ4v) is 4.11. The van der Waals surface area contributed by atoms with Crippen LogP contribution in [0.25, 0.3) is 0 Å². The summed E-state index contributed by atoms with van der Waals surface area (Å²) in [5.41, 5.74) is 7.54. The first-order valence-electron chi connectivity index (χ1n) is 9.16. The van der Waals surface area contributed by atoms with Gasteiger partial charge in [-0.2, -0.15) is 10.2 Å². The highest BCUT2D eigenvalue weighted by molar-refractivity contribution is 6.30. The molecule has 0 fully saturated rings. The lowest BCUT2D eigenvalue weighted by atomic mass is 9.91. The second kappa shape index (κ2) is 6.84. The predicted molar refractivity (Wildman–Crippen MR) is 107 cm³/mol. The third-order valence-corrected chi connectivity index (χ3v) is 5.50. The molecule has 1 amide bonds. The van der Waals surface area contributed by atoms with E-state index >= 15 is 0 Å². The minimum Gasteiger partial charge on any atom is -0.334 e. The second-order valence-corrected chi connectivity index (χ2v) is 7.57. The summed E-state index contributed by atoms with van der Waals surface area (Å²) in [4.78, 5) is 19.3. The molecule has 5 nitrogen and oxygen atoms in total. The number of halogens is 1. The van der Waals surface area contributed by atoms with Crippen molar-refractivity contribution in [3.8, 4) is 0 Å². The molecule has 0 saturated heterocycles. The van der Waals surface area contributed by atoms with Gasteiger partial charge in [0.2, 0.25) is 5.91 Å². The van der Waals surface area contributed by atoms with Crippen LogP contribution in [0.1, 0.15) is 33.4 Å². The van der Waals surface area contributed by atoms with Gasteiger partial charge in [0.1, 0.15) is 0 Å². The molecule has 2 aliphatic rings. The summed E-state index contributed by atoms with van der Waals surface area (Å²) in [6.07, 6.45) is 3.84. The minimum atomic E-state index is 0.143. The first-order chi connectivity index (χ1) is 13.7. The van der Waals surface area contributed by atoms with E-state index in [0.717, 1.165) is 28.0 Å². The van der Waals surface area contributed by atoms with Gasteiger partial charge in [0.05, 0.1) is 31.1 Å². The Hall–Kier alpha value is -3.05. The molecule has 2 aromatic carbocycles. The third kappa shape index (κ3) is 3.08. The van der Waals surface area contributed by atoms with Gasteiger partial charge in [0.15, 0.2) is 0 Å². The van der Waals surface area contributed by atoms with Crippen molar-refractivity contribution in [1.82, 2.24) is 15.1 Å². The van der Waals surface area contributed by atoms with Crippen LogP contribution in [0, 0.1) is 0 Å². The molecular formula is C22H17ClN4O. The van der Waals surface area contributed by atoms with Crippen LogP contribution in [-0.2, 0) is 30.8 Å². The molecule has 0 saturated carbocycles. The SMILES string of the molecule is O=C1Cc2cc3c(cc2CN1Cc1cccc(Cl)c1)C(c1ccnnc1)=NC3. The number of carbonyl (C=O) groups is 1. The Labute approximate surface area is 167 Å². The predicted octanol–water partition coefficient (Wildman–Crippen LogP) is 3.57. The van der Waals surface area contributed by atoms with E-state index in [1.807, 2.05) is 35.2 Å². The molecule has 6 heteroatoms. The molecule has 0 radical (unpaired) electrons. The fourth-order valence-electron chi connectivity index (χ4n) is 3.90. The van der Waals surface area contributed by atoms with Crippen LogP contribution in [0.15, 0.2) is 59.9 Å². The zero-order chi connectivity index (χ0) is 19.1. The van der Waals surface area contributed by atoms with Crippen molar-refractivity contribution < 1.29 is 4.79 Å². The van der Waals surface area contributed by atoms with E-state index in [9.17, 15) is 4.79 Å². The molecule has 0 spiro atoms. The van der Waals surface area contributed by atoms with Crippen molar-refractivity contribution >= 4 is 23.2 Å². The summed E-state index contributed by atoms with van der Waals surface area (Å²) >= 11 is 6.09. The Kier molecular flexibility index (Phi) is 4.17. The molecule has 0 atom stereocenters. The average molecular weight is 389 g/mol. The minimum absolute atomic E-state index is 0.143. The highest BCUT2D eigenvalue weighted by Crippen LogP contribution is 2.30. The lowest BCUT2D eigenvalue weighted by Crippen LogP contribution is -2.35. The van der Waals surface area contributed by atoms with Crippen LogP contribution >= 0.6 is 11.6 Å². The molecule has 5 rings (SSSR count). The number of amides is 1. The quantitative estimate of drug-likeness (QED) is 0.689. The van der Waals surface area contributed by atoms with Gasteiger partial charge >= 0.3 is 0 Å². The summed E-state index contributed by atoms with van der Waals surface area (Å²) < 4.78 is 0. The van der Waals surface area contributed by atoms with Gasteiger partial charge in [-0.25, -0.2) is 0 Å². The maximum atomic E-state index is 12.7. The van der Waals surface area contributed by atoms with Gasteiger partial charge < -0.3 is 4.90 Å². The summed E-state index contributed by atoms with van der Waals surface area (Å²) in [5.74, 6) is 0.143. The smallest absolute Gasteiger partial charge is 0.227 e. The molecule has 28 heavy (non-hydrogen) atoms. The van der Waals surface area contributed by atoms with Crippen LogP contribution in [0.3, 0.4) is 0 Å². The van der Waals surface area contributed by atoms with Crippen LogP contribution in [-0.4, -0.2) is 26.7 Å². The molecule has 0 aliphatic carbocycles. The van der Waals surface area contributed by atoms with E-state index in [2.05, 4.69) is 22.3 Å². The molecule has 0 bridgehead atoms. The number of carbonyl (C=O) groups excluding carboxylic acids is 1. The van der Waals surface area contributed by atoms with Gasteiger partial charge in [0.25, 0.3) is 0 Å². The average Bonchev–Trinajstić information content (AvgIpc) is 3.10. The molecule has 2 aliphatic heterocycles. The number of aromatic nitrogens is 2. The normalized spacial score (nSPS) is 15.2. The molecule has 0 N–H and O–H groups in total. The molecule has 1 aromatic heterocycles. The number of hydrogen-bond acceptors (Lipinski definition) is 4. The third-order valence-electron chi connectivity index (χ3n) is 5.26. The maximum Gasteiger partial charge on any atom is 0.227 e. The van der Waals surface area contributed by atoms with Crippen LogP contribution in [0.5, 0.6) is 0 Å². The standard InChI is InChI=1S/C22H17ClN4O/c23-19-3-1-2-14(6-19)12-27-13-18-8-20-17(7-16(18)9-21(27)28)10-24-22(20)15-4-5-25-26-11-15/h1-8,11H,9-10,12-13H2. The summed E-state index contributed by atoms with van der Waals surface area (Å²) in [5, 5.41) is 8.51. The van der Waals surface area contributed by atoms with Crippen molar-refractivity contribution in [2.75, 3.05) is 0 Å². The van der Waals surface area contributed by atoms with E-state index in [0.29, 0.717) is 31.1 Å². The lowest BCUT2D eigenvalue weighted by molar-refractivity contribution is -0.132. The Morgan fingerprint density at radius 2 is 1.96 bits per heavy atom. The highest BCUT2D eigenvalue weighted by Gasteiger charge is 2.27. The van der Waals surface area contributed by atoms with E-state index < -0.39 is 0 Å². The van der Waals surface area contributed by atoms with Gasteiger partial charge in [-0.15, -0.1) is 0 Å². The number of hydrogen-bond donors (Lipinski definition) is 0. The van der Waals surface area contributed by atoms with Crippen molar-refractivity contribution in [2.24, 2.45) is 4.99 Å². The Balaban J connectivity index is 1.45. The van der Waals surface area contributed by atoms with Crippen molar-refractivity contribution in [3.05, 3.63) is 93.3 Å². The Morgan fingerprint density at radius 3 is 2.79 bits per heavy atom. The monoisotopic (exact) mass is 388 g/mol. The van der Waals surface area contributed by atoms with Gasteiger partial charge in [-0.3, -0.25) is 9.79 Å². The molecule has 0 unspecified atom stereocenters. The largest absolute Gasteiger partial charge is 0.334 e. The Morgan fingerprint density at radius 1 is 1.04 bits per heavy atom. The summed E-state index contributed by atoms with van der Waals surface area (Å²) in [6, 6.07) is 13.9. The van der Waals surface area contributed by atoms with E-state index in [-0.39, 0.29) is 5.91 Å². The number of aliphatic imine (C=N–C) groups is 1. The number of rotatable bonds is 3. The first-order valence-corrected chi connectivity index (χ1v) is 9.54. The first kappa shape index (κ1) is 17.1. The van der Waals surface area contributed by atoms with Crippen LogP contribution < -0.4 is 0 Å². The van der Waals surface area contributed by atoms with E-state index in [4.69, 9.17) is 16.6 Å². The van der Waals surface area contributed by atoms with E-state index in [1.54, 1.807) is 12.4 Å². The van der Waals surface area contributed by atoms with Crippen molar-refractivity contribution in [2.45, 2.75) is 26.1 Å². The molecular weight excluding hydrogens is 372 g/mol. The van der Waals surface area contributed by atoms with Gasteiger partial charge in [-0.1, -0.05) is 29.8 Å². The molecule has 3 heterocycles. The lowest BCUT2D eigenvalue weighted by Gasteiger charge is -2.29. The number of fused-ring (bicyclic) bond motifs is 2. The van der Waals surface area contributed by atoms with Crippen LogP contribution in [0.2, 0.25) is 5.02 Å². The van der Waals surface area contributed by atoms with Gasteiger partial charge in [0, 0.05) is 29.2 Å². The summed E-state index contributed by atoms with van der Waals surface area (Å²) in [7, 11) is 0. The van der Waals surface area contributed by atoms with Crippen molar-refractivity contribution in [3.63, 3.8) is 0 Å². The maximum absolute atomic E-state index is 12.7. The van der Waals surface area contributed by atoms with Crippen molar-refractivity contribution in [1.29, 1.82) is 0 Å². The zero-order valence-corrected chi connectivity index (χ0v) is 15.9. The highest BCUT2D eigenvalue weighted by atomic mass is 35.5. The fraction of sp³-hybridized carbons (Fsp3) is 0.182. The number of nitrogens with zero attached hydrogens (tertiary/aromatic N) is 4. The van der Waals surface area contributed by atoms with Gasteiger partial charge in [-0.05, 0) is 46.5 Å². The second-order valence-electron chi connectivity index (χ2n) is 7.13. The zero-order valence-electron chi connectivity index (χ0n) is 15.1. The summed E-state index contributed by atoms with van der Waals surface area (Å²) in [6.45, 7) is 1.79. The van der Waals surface area contributed by atoms with E-state index in [1.165, 1.54) is 11.1 Å². The van der Waals surface area contributed by atoms with Crippen LogP contribution in [0.4, 0.5) is 0 Å². The topological polar surface area (TPSA) is 58.5 Å². The Bertz CT molecular complexity index is 1110. The molecule has 3 aromatic rings. The molecule has 138 valence electrons. The number of benzene rings is 2.